The Kier molecular flexibility index (Phi) is 5.14. The van der Waals surface area contributed by atoms with Crippen LogP contribution in [-0.4, -0.2) is 35.3 Å². The molecule has 2 heterocycles. The lowest BCUT2D eigenvalue weighted by Crippen LogP contribution is -2.33. The van der Waals surface area contributed by atoms with Gasteiger partial charge in [0.05, 0.1) is 24.6 Å². The van der Waals surface area contributed by atoms with E-state index in [1.54, 1.807) is 0 Å². The summed E-state index contributed by atoms with van der Waals surface area (Å²) >= 11 is 0. The summed E-state index contributed by atoms with van der Waals surface area (Å²) < 4.78 is 61.7. The summed E-state index contributed by atoms with van der Waals surface area (Å²) in [6.07, 6.45) is -3.05. The van der Waals surface area contributed by atoms with Gasteiger partial charge in [0.1, 0.15) is 12.2 Å². The minimum Gasteiger partial charge on any atom is -0.456 e. The van der Waals surface area contributed by atoms with E-state index in [4.69, 9.17) is 9.47 Å². The van der Waals surface area contributed by atoms with Crippen molar-refractivity contribution < 1.29 is 27.0 Å². The molecule has 1 N–H and O–H groups in total. The van der Waals surface area contributed by atoms with Gasteiger partial charge in [0.25, 0.3) is 0 Å². The molecule has 2 atom stereocenters. The molecule has 1 fully saturated rings. The number of benzene rings is 1. The first-order valence-electron chi connectivity index (χ1n) is 7.54. The van der Waals surface area contributed by atoms with Gasteiger partial charge < -0.3 is 14.8 Å². The quantitative estimate of drug-likeness (QED) is 0.834. The zero-order valence-electron chi connectivity index (χ0n) is 13.0. The van der Waals surface area contributed by atoms with Gasteiger partial charge in [-0.3, -0.25) is 0 Å². The highest BCUT2D eigenvalue weighted by Gasteiger charge is 2.31. The van der Waals surface area contributed by atoms with Gasteiger partial charge in [0, 0.05) is 13.1 Å². The molecule has 0 spiro atoms. The second-order valence-corrected chi connectivity index (χ2v) is 5.54. The fourth-order valence-electron chi connectivity index (χ4n) is 2.40. The van der Waals surface area contributed by atoms with E-state index in [0.717, 1.165) is 24.5 Å². The van der Waals surface area contributed by atoms with Crippen LogP contribution in [0.2, 0.25) is 0 Å². The molecule has 1 saturated heterocycles. The third kappa shape index (κ3) is 4.64. The summed E-state index contributed by atoms with van der Waals surface area (Å²) in [5.41, 5.74) is -0.0786. The number of rotatable bonds is 5. The summed E-state index contributed by atoms with van der Waals surface area (Å²) in [5.74, 6) is -0.563. The van der Waals surface area contributed by atoms with Gasteiger partial charge in [0.15, 0.2) is 5.82 Å². The van der Waals surface area contributed by atoms with Crippen LogP contribution in [0.15, 0.2) is 36.7 Å². The normalized spacial score (nSPS) is 20.6. The Labute approximate surface area is 141 Å². The van der Waals surface area contributed by atoms with Gasteiger partial charge >= 0.3 is 12.2 Å². The molecule has 0 aliphatic carbocycles. The maximum atomic E-state index is 12.8. The molecular formula is C16H15F4N3O2. The van der Waals surface area contributed by atoms with Crippen LogP contribution in [-0.2, 0) is 17.5 Å². The number of nitrogens with one attached hydrogen (secondary N) is 1. The van der Waals surface area contributed by atoms with Crippen LogP contribution < -0.4 is 10.1 Å². The van der Waals surface area contributed by atoms with Crippen molar-refractivity contribution >= 4 is 0 Å². The summed E-state index contributed by atoms with van der Waals surface area (Å²) in [7, 11) is 0. The van der Waals surface area contributed by atoms with Crippen molar-refractivity contribution in [2.24, 2.45) is 0 Å². The van der Waals surface area contributed by atoms with Crippen LogP contribution in [0.1, 0.15) is 11.1 Å². The number of nitrogens with zero attached hydrogens (tertiary/aromatic N) is 2. The molecule has 1 aromatic carbocycles. The molecule has 0 bridgehead atoms. The highest BCUT2D eigenvalue weighted by molar-refractivity contribution is 5.24. The van der Waals surface area contributed by atoms with E-state index in [1.807, 2.05) is 0 Å². The molecular weight excluding hydrogens is 342 g/mol. The Balaban J connectivity index is 1.55. The predicted octanol–water partition coefficient (Wildman–Crippen LogP) is 2.57. The van der Waals surface area contributed by atoms with Crippen LogP contribution >= 0.6 is 0 Å². The van der Waals surface area contributed by atoms with Crippen molar-refractivity contribution in [2.45, 2.75) is 25.0 Å². The van der Waals surface area contributed by atoms with Crippen LogP contribution in [0.4, 0.5) is 17.6 Å². The van der Waals surface area contributed by atoms with E-state index in [0.29, 0.717) is 18.7 Å². The van der Waals surface area contributed by atoms with E-state index in [-0.39, 0.29) is 24.8 Å². The van der Waals surface area contributed by atoms with Gasteiger partial charge in [-0.25, -0.2) is 14.4 Å². The van der Waals surface area contributed by atoms with E-state index in [1.165, 1.54) is 12.1 Å². The summed E-state index contributed by atoms with van der Waals surface area (Å²) in [4.78, 5) is 7.46. The van der Waals surface area contributed by atoms with Gasteiger partial charge in [0.2, 0.25) is 0 Å². The molecule has 3 rings (SSSR count). The van der Waals surface area contributed by atoms with Crippen molar-refractivity contribution in [2.75, 3.05) is 13.1 Å². The number of hydrogen-bond donors (Lipinski definition) is 1. The van der Waals surface area contributed by atoms with Crippen molar-refractivity contribution in [3.63, 3.8) is 0 Å². The van der Waals surface area contributed by atoms with E-state index in [9.17, 15) is 17.6 Å². The standard InChI is InChI=1S/C16H15F4N3O2/c17-12-5-22-15(23-6-12)25-14-8-21-7-13(14)24-9-10-1-3-11(4-2-10)16(18,19)20/h1-6,13-14,21H,7-9H2/t13-,14-/m0/s1. The molecule has 0 radical (unpaired) electrons. The van der Waals surface area contributed by atoms with Crippen LogP contribution in [0.5, 0.6) is 6.01 Å². The number of ether oxygens (including phenoxy) is 2. The van der Waals surface area contributed by atoms with E-state index < -0.39 is 17.6 Å². The Hall–Kier alpha value is -2.26. The maximum absolute atomic E-state index is 12.8. The van der Waals surface area contributed by atoms with E-state index in [2.05, 4.69) is 15.3 Å². The Morgan fingerprint density at radius 1 is 1.04 bits per heavy atom. The second-order valence-electron chi connectivity index (χ2n) is 5.54. The van der Waals surface area contributed by atoms with Crippen LogP contribution in [0, 0.1) is 5.82 Å². The molecule has 1 aliphatic rings. The minimum absolute atomic E-state index is 0.0400. The fraction of sp³-hybridized carbons (Fsp3) is 0.375. The molecule has 5 nitrogen and oxygen atoms in total. The molecule has 25 heavy (non-hydrogen) atoms. The first kappa shape index (κ1) is 17.6. The molecule has 0 amide bonds. The summed E-state index contributed by atoms with van der Waals surface area (Å²) in [6, 6.07) is 4.84. The topological polar surface area (TPSA) is 56.3 Å². The molecule has 134 valence electrons. The molecule has 1 aromatic heterocycles. The molecule has 2 aromatic rings. The SMILES string of the molecule is Fc1cnc(O[C@H]2CNC[C@@H]2OCc2ccc(C(F)(F)F)cc2)nc1. The van der Waals surface area contributed by atoms with Gasteiger partial charge in [-0.15, -0.1) is 0 Å². The number of alkyl halides is 3. The largest absolute Gasteiger partial charge is 0.456 e. The Bertz CT molecular complexity index is 692. The van der Waals surface area contributed by atoms with Gasteiger partial charge in [-0.2, -0.15) is 13.2 Å². The Morgan fingerprint density at radius 3 is 2.32 bits per heavy atom. The highest BCUT2D eigenvalue weighted by atomic mass is 19.4. The maximum Gasteiger partial charge on any atom is 0.416 e. The van der Waals surface area contributed by atoms with Crippen molar-refractivity contribution in [3.8, 4) is 6.01 Å². The van der Waals surface area contributed by atoms with Gasteiger partial charge in [-0.1, -0.05) is 12.1 Å². The fourth-order valence-corrected chi connectivity index (χ4v) is 2.40. The predicted molar refractivity (Wildman–Crippen MR) is 79.3 cm³/mol. The molecule has 9 heteroatoms. The van der Waals surface area contributed by atoms with Gasteiger partial charge in [-0.05, 0) is 17.7 Å². The zero-order valence-corrected chi connectivity index (χ0v) is 13.0. The van der Waals surface area contributed by atoms with Crippen LogP contribution in [0.25, 0.3) is 0 Å². The average Bonchev–Trinajstić information content (AvgIpc) is 3.02. The first-order valence-corrected chi connectivity index (χ1v) is 7.54. The third-order valence-electron chi connectivity index (χ3n) is 3.70. The minimum atomic E-state index is -4.36. The number of aromatic nitrogens is 2. The number of hydrogen-bond acceptors (Lipinski definition) is 5. The molecule has 1 aliphatic heterocycles. The lowest BCUT2D eigenvalue weighted by Gasteiger charge is -2.19. The highest BCUT2D eigenvalue weighted by Crippen LogP contribution is 2.29. The van der Waals surface area contributed by atoms with Crippen molar-refractivity contribution in [1.29, 1.82) is 0 Å². The average molecular weight is 357 g/mol. The number of halogens is 4. The molecule has 0 unspecified atom stereocenters. The second kappa shape index (κ2) is 7.32. The third-order valence-corrected chi connectivity index (χ3v) is 3.70. The lowest BCUT2D eigenvalue weighted by molar-refractivity contribution is -0.137. The monoisotopic (exact) mass is 357 g/mol. The smallest absolute Gasteiger partial charge is 0.416 e. The lowest BCUT2D eigenvalue weighted by atomic mass is 10.1. The molecule has 0 saturated carbocycles. The van der Waals surface area contributed by atoms with Crippen LogP contribution in [0.3, 0.4) is 0 Å². The first-order chi connectivity index (χ1) is 11.9. The van der Waals surface area contributed by atoms with Crippen molar-refractivity contribution in [1.82, 2.24) is 15.3 Å². The Morgan fingerprint density at radius 2 is 1.68 bits per heavy atom. The summed E-state index contributed by atoms with van der Waals surface area (Å²) in [6.45, 7) is 1.17. The van der Waals surface area contributed by atoms with E-state index >= 15 is 0 Å². The summed E-state index contributed by atoms with van der Waals surface area (Å²) in [5, 5.41) is 3.09. The van der Waals surface area contributed by atoms with Crippen molar-refractivity contribution in [3.05, 3.63) is 53.6 Å². The zero-order chi connectivity index (χ0) is 17.9.